The molecule has 0 aliphatic heterocycles. The summed E-state index contributed by atoms with van der Waals surface area (Å²) in [6, 6.07) is 92.4. The van der Waals surface area contributed by atoms with Crippen molar-refractivity contribution >= 4 is 88.8 Å². The third kappa shape index (κ3) is 6.63. The first-order chi connectivity index (χ1) is 39.2. The second-order valence-corrected chi connectivity index (χ2v) is 22.7. The van der Waals surface area contributed by atoms with Crippen LogP contribution in [-0.2, 0) is 10.8 Å². The van der Waals surface area contributed by atoms with Crippen LogP contribution in [0.5, 0.6) is 0 Å². The molecule has 0 unspecified atom stereocenters. The van der Waals surface area contributed by atoms with E-state index in [4.69, 9.17) is 8.83 Å². The monoisotopic (exact) mass is 1030 g/mol. The van der Waals surface area contributed by atoms with Crippen molar-refractivity contribution in [2.75, 3.05) is 9.80 Å². The Bertz CT molecular complexity index is 4820. The summed E-state index contributed by atoms with van der Waals surface area (Å²) < 4.78 is 14.2. The van der Waals surface area contributed by atoms with Crippen molar-refractivity contribution in [3.05, 3.63) is 277 Å². The minimum absolute atomic E-state index is 0.345. The molecule has 16 rings (SSSR count). The Morgan fingerprint density at radius 3 is 1.26 bits per heavy atom. The highest BCUT2D eigenvalue weighted by Gasteiger charge is 2.45. The summed E-state index contributed by atoms with van der Waals surface area (Å²) in [6.45, 7) is 9.77. The molecule has 0 fully saturated rings. The van der Waals surface area contributed by atoms with Crippen molar-refractivity contribution in [3.63, 3.8) is 0 Å². The Hall–Kier alpha value is -9.90. The summed E-state index contributed by atoms with van der Waals surface area (Å²) in [7, 11) is 0. The van der Waals surface area contributed by atoms with Crippen LogP contribution < -0.4 is 9.80 Å². The molecule has 0 saturated heterocycles. The van der Waals surface area contributed by atoms with Gasteiger partial charge >= 0.3 is 0 Å². The standard InChI is InChI=1S/C76H54N2O2/c1-75(2)63-37-19-36-62-65(78(50-28-15-8-16-29-50)67-39-21-35-61-59-33-18-31-53(72(59)80-74(61)67)48-24-11-6-12-25-48)45-44-55(68(62)63)57-43-42-56-54-41-40-51(46-64(54)76(3,4)69(56)70(57)75)77(49-26-13-7-14-27-49)66-38-20-34-60-58-32-17-30-52(71(58)79-73(60)66)47-22-9-5-10-23-47/h5-46H,1-4H3. The molecule has 0 spiro atoms. The smallest absolute Gasteiger partial charge is 0.159 e. The molecule has 0 atom stereocenters. The Labute approximate surface area is 465 Å². The largest absolute Gasteiger partial charge is 0.453 e. The third-order valence-corrected chi connectivity index (χ3v) is 17.6. The highest BCUT2D eigenvalue weighted by atomic mass is 16.3. The number of hydrogen-bond donors (Lipinski definition) is 0. The van der Waals surface area contributed by atoms with Crippen molar-refractivity contribution in [3.8, 4) is 44.5 Å². The molecule has 2 heterocycles. The lowest BCUT2D eigenvalue weighted by Gasteiger charge is -2.40. The molecule has 4 heteroatoms. The first-order valence-electron chi connectivity index (χ1n) is 27.8. The molecule has 2 aromatic heterocycles. The second kappa shape index (κ2) is 17.3. The van der Waals surface area contributed by atoms with Crippen LogP contribution in [-0.4, -0.2) is 0 Å². The summed E-state index contributed by atoms with van der Waals surface area (Å²) >= 11 is 0. The van der Waals surface area contributed by atoms with Crippen LogP contribution >= 0.6 is 0 Å². The highest BCUT2D eigenvalue weighted by molar-refractivity contribution is 6.17. The van der Waals surface area contributed by atoms with E-state index in [1.807, 2.05) is 0 Å². The average Bonchev–Trinajstić information content (AvgIpc) is 4.36. The maximum atomic E-state index is 7.12. The molecule has 0 saturated carbocycles. The summed E-state index contributed by atoms with van der Waals surface area (Å²) in [4.78, 5) is 4.79. The van der Waals surface area contributed by atoms with E-state index in [2.05, 4.69) is 292 Å². The quantitative estimate of drug-likeness (QED) is 0.152. The summed E-state index contributed by atoms with van der Waals surface area (Å²) in [5, 5.41) is 6.88. The third-order valence-electron chi connectivity index (χ3n) is 17.6. The van der Waals surface area contributed by atoms with Gasteiger partial charge in [-0.05, 0) is 116 Å². The second-order valence-electron chi connectivity index (χ2n) is 22.7. The molecule has 0 N–H and O–H groups in total. The zero-order valence-electron chi connectivity index (χ0n) is 45.0. The Kier molecular flexibility index (Phi) is 9.99. The number of hydrogen-bond acceptors (Lipinski definition) is 4. The van der Waals surface area contributed by atoms with Gasteiger partial charge in [-0.3, -0.25) is 0 Å². The van der Waals surface area contributed by atoms with E-state index < -0.39 is 0 Å². The average molecular weight is 1030 g/mol. The van der Waals surface area contributed by atoms with E-state index in [9.17, 15) is 0 Å². The van der Waals surface area contributed by atoms with Crippen LogP contribution in [0.3, 0.4) is 0 Å². The number of benzene rings is 12. The van der Waals surface area contributed by atoms with Crippen LogP contribution in [0.15, 0.2) is 264 Å². The van der Waals surface area contributed by atoms with Gasteiger partial charge in [0.05, 0.1) is 17.1 Å². The summed E-state index contributed by atoms with van der Waals surface area (Å²) in [5.74, 6) is 0. The van der Waals surface area contributed by atoms with Crippen molar-refractivity contribution < 1.29 is 8.83 Å². The van der Waals surface area contributed by atoms with Gasteiger partial charge in [-0.15, -0.1) is 0 Å². The molecule has 4 nitrogen and oxygen atoms in total. The number of para-hydroxylation sites is 6. The zero-order chi connectivity index (χ0) is 53.4. The van der Waals surface area contributed by atoms with Gasteiger partial charge in [-0.25, -0.2) is 0 Å². The molecule has 2 aliphatic carbocycles. The minimum atomic E-state index is -0.357. The molecule has 380 valence electrons. The van der Waals surface area contributed by atoms with E-state index in [-0.39, 0.29) is 10.8 Å². The van der Waals surface area contributed by atoms with Crippen molar-refractivity contribution in [1.29, 1.82) is 0 Å². The van der Waals surface area contributed by atoms with Crippen LogP contribution in [0.25, 0.3) is 99.2 Å². The maximum absolute atomic E-state index is 7.12. The Morgan fingerprint density at radius 1 is 0.275 bits per heavy atom. The molecule has 0 amide bonds. The first kappa shape index (κ1) is 46.2. The molecule has 80 heavy (non-hydrogen) atoms. The number of fused-ring (bicyclic) bond motifs is 12. The normalized spacial score (nSPS) is 13.7. The lowest BCUT2D eigenvalue weighted by molar-refractivity contribution is 0.591. The molecule has 14 aromatic rings. The SMILES string of the molecule is CC1(C)c2cc(N(c3ccccc3)c3cccc4c3oc3c(-c5ccccc5)cccc34)ccc2-c2ccc3c(c21)C(C)(C)c1cccc2c(N(c4ccccc4)c4cccc5c4oc4c(-c6ccccc6)cccc45)ccc-3c12. The van der Waals surface area contributed by atoms with E-state index in [1.54, 1.807) is 0 Å². The molecule has 0 bridgehead atoms. The van der Waals surface area contributed by atoms with Gasteiger partial charge in [0.1, 0.15) is 11.2 Å². The van der Waals surface area contributed by atoms with Gasteiger partial charge in [0.2, 0.25) is 0 Å². The van der Waals surface area contributed by atoms with E-state index >= 15 is 0 Å². The Morgan fingerprint density at radius 2 is 0.700 bits per heavy atom. The van der Waals surface area contributed by atoms with Gasteiger partial charge < -0.3 is 18.6 Å². The number of anilines is 6. The van der Waals surface area contributed by atoms with Gasteiger partial charge in [0, 0.05) is 66.0 Å². The van der Waals surface area contributed by atoms with Gasteiger partial charge in [-0.2, -0.15) is 0 Å². The number of nitrogens with zero attached hydrogens (tertiary/aromatic N) is 2. The van der Waals surface area contributed by atoms with E-state index in [0.29, 0.717) is 0 Å². The summed E-state index contributed by atoms with van der Waals surface area (Å²) in [6.07, 6.45) is 0. The predicted octanol–water partition coefficient (Wildman–Crippen LogP) is 21.5. The molecular formula is C76H54N2O2. The number of rotatable bonds is 8. The lowest BCUT2D eigenvalue weighted by Crippen LogP contribution is -2.29. The lowest BCUT2D eigenvalue weighted by atomic mass is 9.63. The van der Waals surface area contributed by atoms with Gasteiger partial charge in [0.25, 0.3) is 0 Å². The van der Waals surface area contributed by atoms with E-state index in [0.717, 1.165) is 100 Å². The maximum Gasteiger partial charge on any atom is 0.159 e. The fourth-order valence-corrected chi connectivity index (χ4v) is 14.0. The summed E-state index contributed by atoms with van der Waals surface area (Å²) in [5.41, 5.74) is 24.1. The van der Waals surface area contributed by atoms with Crippen LogP contribution in [0.1, 0.15) is 49.9 Å². The van der Waals surface area contributed by atoms with Gasteiger partial charge in [-0.1, -0.05) is 228 Å². The highest BCUT2D eigenvalue weighted by Crippen LogP contribution is 2.60. The van der Waals surface area contributed by atoms with Crippen LogP contribution in [0, 0.1) is 0 Å². The fraction of sp³-hybridized carbons (Fsp3) is 0.0789. The van der Waals surface area contributed by atoms with Crippen molar-refractivity contribution in [1.82, 2.24) is 0 Å². The predicted molar refractivity (Wildman–Crippen MR) is 334 cm³/mol. The van der Waals surface area contributed by atoms with Gasteiger partial charge in [0.15, 0.2) is 11.2 Å². The molecule has 0 radical (unpaired) electrons. The van der Waals surface area contributed by atoms with Crippen molar-refractivity contribution in [2.45, 2.75) is 38.5 Å². The van der Waals surface area contributed by atoms with Crippen molar-refractivity contribution in [2.24, 2.45) is 0 Å². The Balaban J connectivity index is 0.844. The molecule has 2 aliphatic rings. The molecular weight excluding hydrogens is 973 g/mol. The fourth-order valence-electron chi connectivity index (χ4n) is 14.0. The molecule has 12 aromatic carbocycles. The zero-order valence-corrected chi connectivity index (χ0v) is 45.0. The van der Waals surface area contributed by atoms with E-state index in [1.165, 1.54) is 55.3 Å². The topological polar surface area (TPSA) is 32.8 Å². The van der Waals surface area contributed by atoms with Crippen LogP contribution in [0.4, 0.5) is 34.1 Å². The first-order valence-corrected chi connectivity index (χ1v) is 27.8. The van der Waals surface area contributed by atoms with Crippen LogP contribution in [0.2, 0.25) is 0 Å². The number of furan rings is 2. The minimum Gasteiger partial charge on any atom is -0.453 e.